The Hall–Kier alpha value is -1.05. The van der Waals surface area contributed by atoms with Crippen LogP contribution in [-0.2, 0) is 16.5 Å². The van der Waals surface area contributed by atoms with Crippen molar-refractivity contribution in [3.05, 3.63) is 48.0 Å². The molecular formula is C18H21NaO5S. The summed E-state index contributed by atoms with van der Waals surface area (Å²) in [5, 5.41) is 11.7. The summed E-state index contributed by atoms with van der Waals surface area (Å²) in [5.74, 6) is -0.544. The zero-order chi connectivity index (χ0) is 17.6. The average Bonchev–Trinajstić information content (AvgIpc) is 2.51. The Labute approximate surface area is 171 Å². The molecule has 0 aliphatic rings. The zero-order valence-corrected chi connectivity index (χ0v) is 17.4. The molecule has 0 fully saturated rings. The molecule has 0 saturated carbocycles. The van der Waals surface area contributed by atoms with Gasteiger partial charge in [-0.3, -0.25) is 4.55 Å². The van der Waals surface area contributed by atoms with Crippen molar-refractivity contribution < 1.29 is 52.4 Å². The van der Waals surface area contributed by atoms with Crippen molar-refractivity contribution in [2.75, 3.05) is 0 Å². The quantitative estimate of drug-likeness (QED) is 0.423. The third-order valence-electron chi connectivity index (χ3n) is 3.65. The van der Waals surface area contributed by atoms with Crippen molar-refractivity contribution in [3.63, 3.8) is 0 Å². The van der Waals surface area contributed by atoms with Crippen LogP contribution in [0.5, 0.6) is 17.2 Å². The number of unbranched alkanes of at least 4 members (excludes halogenated alkanes) is 3. The Morgan fingerprint density at radius 2 is 1.80 bits per heavy atom. The number of rotatable bonds is 8. The second-order valence-corrected chi connectivity index (χ2v) is 6.98. The molecule has 0 spiro atoms. The van der Waals surface area contributed by atoms with Gasteiger partial charge in [0.15, 0.2) is 0 Å². The first-order valence-electron chi connectivity index (χ1n) is 7.96. The normalized spacial score (nSPS) is 11.0. The van der Waals surface area contributed by atoms with Gasteiger partial charge in [0.1, 0.15) is 16.4 Å². The third kappa shape index (κ3) is 6.64. The van der Waals surface area contributed by atoms with Crippen molar-refractivity contribution in [2.24, 2.45) is 0 Å². The molecule has 25 heavy (non-hydrogen) atoms. The molecule has 0 unspecified atom stereocenters. The van der Waals surface area contributed by atoms with Gasteiger partial charge in [-0.1, -0.05) is 56.2 Å². The summed E-state index contributed by atoms with van der Waals surface area (Å²) >= 11 is 0. The summed E-state index contributed by atoms with van der Waals surface area (Å²) in [6, 6.07) is 11.1. The van der Waals surface area contributed by atoms with E-state index in [1.807, 2.05) is 18.2 Å². The fraction of sp³-hybridized carbons (Fsp3) is 0.333. The van der Waals surface area contributed by atoms with Gasteiger partial charge >= 0.3 is 29.6 Å². The molecule has 0 heterocycles. The topological polar surface area (TPSA) is 86.7 Å². The molecule has 7 heteroatoms. The summed E-state index contributed by atoms with van der Waals surface area (Å²) in [6.45, 7) is 2.16. The molecule has 2 aromatic carbocycles. The van der Waals surface area contributed by atoms with E-state index in [2.05, 4.69) is 6.92 Å². The minimum atomic E-state index is -4.65. The molecule has 5 nitrogen and oxygen atoms in total. The fourth-order valence-electron chi connectivity index (χ4n) is 2.48. The molecule has 0 saturated heterocycles. The van der Waals surface area contributed by atoms with Crippen LogP contribution in [0, 0.1) is 0 Å². The van der Waals surface area contributed by atoms with E-state index in [9.17, 15) is 18.1 Å². The Balaban J connectivity index is 0.00000312. The summed E-state index contributed by atoms with van der Waals surface area (Å²) in [6.07, 6.45) is 5.51. The van der Waals surface area contributed by atoms with Crippen LogP contribution in [-0.4, -0.2) is 13.0 Å². The SMILES string of the molecule is CCCCCCc1cccc(Oc2cccc([O-])c2S(=O)(=O)O)c1.[Na+]. The van der Waals surface area contributed by atoms with Crippen LogP contribution in [0.3, 0.4) is 0 Å². The van der Waals surface area contributed by atoms with Crippen molar-refractivity contribution in [1.29, 1.82) is 0 Å². The first-order chi connectivity index (χ1) is 11.4. The molecule has 2 rings (SSSR count). The van der Waals surface area contributed by atoms with E-state index in [1.54, 1.807) is 6.07 Å². The van der Waals surface area contributed by atoms with Gasteiger partial charge in [-0.2, -0.15) is 8.42 Å². The minimum Gasteiger partial charge on any atom is -0.871 e. The van der Waals surface area contributed by atoms with E-state index < -0.39 is 20.8 Å². The standard InChI is InChI=1S/C18H22O5S.Na/c1-2-3-4-5-8-14-9-6-10-15(13-14)23-17-12-7-11-16(19)18(17)24(20,21)22;/h6-7,9-13,19H,2-5,8H2,1H3,(H,20,21,22);/q;+1/p-1. The van der Waals surface area contributed by atoms with E-state index >= 15 is 0 Å². The molecule has 0 amide bonds. The maximum atomic E-state index is 11.7. The maximum absolute atomic E-state index is 11.7. The second kappa shape index (κ2) is 10.2. The predicted octanol–water partition coefficient (Wildman–Crippen LogP) is 0.926. The van der Waals surface area contributed by atoms with E-state index in [4.69, 9.17) is 4.74 Å². The van der Waals surface area contributed by atoms with Crippen LogP contribution in [0.15, 0.2) is 47.4 Å². The Morgan fingerprint density at radius 1 is 1.08 bits per heavy atom. The second-order valence-electron chi connectivity index (χ2n) is 5.62. The van der Waals surface area contributed by atoms with E-state index in [0.717, 1.165) is 30.9 Å². The molecule has 2 aromatic rings. The Morgan fingerprint density at radius 3 is 2.48 bits per heavy atom. The van der Waals surface area contributed by atoms with Crippen LogP contribution in [0.1, 0.15) is 38.2 Å². The van der Waals surface area contributed by atoms with Gasteiger partial charge in [0.2, 0.25) is 0 Å². The van der Waals surface area contributed by atoms with E-state index in [-0.39, 0.29) is 35.3 Å². The van der Waals surface area contributed by atoms with Gasteiger partial charge in [0.05, 0.1) is 0 Å². The van der Waals surface area contributed by atoms with Gasteiger partial charge in [-0.15, -0.1) is 0 Å². The Bertz CT molecular complexity index is 790. The molecule has 0 aliphatic heterocycles. The predicted molar refractivity (Wildman–Crippen MR) is 90.1 cm³/mol. The molecule has 1 N–H and O–H groups in total. The van der Waals surface area contributed by atoms with E-state index in [0.29, 0.717) is 5.75 Å². The van der Waals surface area contributed by atoms with Gasteiger partial charge in [0.25, 0.3) is 10.1 Å². The minimum absolute atomic E-state index is 0. The molecule has 130 valence electrons. The van der Waals surface area contributed by atoms with Crippen LogP contribution in [0.4, 0.5) is 0 Å². The molecular weight excluding hydrogens is 351 g/mol. The summed E-state index contributed by atoms with van der Waals surface area (Å²) < 4.78 is 37.6. The average molecular weight is 372 g/mol. The van der Waals surface area contributed by atoms with Crippen LogP contribution in [0.2, 0.25) is 0 Å². The molecule has 0 aromatic heterocycles. The first-order valence-corrected chi connectivity index (χ1v) is 9.40. The molecule has 0 aliphatic carbocycles. The number of benzene rings is 2. The van der Waals surface area contributed by atoms with Crippen molar-refractivity contribution >= 4 is 10.1 Å². The molecule has 0 bridgehead atoms. The van der Waals surface area contributed by atoms with Crippen LogP contribution >= 0.6 is 0 Å². The van der Waals surface area contributed by atoms with Crippen LogP contribution < -0.4 is 39.4 Å². The van der Waals surface area contributed by atoms with Gasteiger partial charge in [-0.05, 0) is 36.6 Å². The van der Waals surface area contributed by atoms with Gasteiger partial charge in [-0.25, -0.2) is 0 Å². The summed E-state index contributed by atoms with van der Waals surface area (Å²) in [4.78, 5) is -0.738. The van der Waals surface area contributed by atoms with Crippen molar-refractivity contribution in [1.82, 2.24) is 0 Å². The number of aryl methyl sites for hydroxylation is 1. The van der Waals surface area contributed by atoms with E-state index in [1.165, 1.54) is 25.0 Å². The zero-order valence-electron chi connectivity index (χ0n) is 14.6. The Kier molecular flexibility index (Phi) is 8.96. The monoisotopic (exact) mass is 372 g/mol. The smallest absolute Gasteiger partial charge is 0.871 e. The number of ether oxygens (including phenoxy) is 1. The first kappa shape index (κ1) is 22.0. The maximum Gasteiger partial charge on any atom is 1.00 e. The van der Waals surface area contributed by atoms with Crippen molar-refractivity contribution in [3.8, 4) is 17.2 Å². The molecule has 0 atom stereocenters. The number of hydrogen-bond acceptors (Lipinski definition) is 4. The number of hydrogen-bond donors (Lipinski definition) is 1. The molecule has 0 radical (unpaired) electrons. The third-order valence-corrected chi connectivity index (χ3v) is 4.56. The largest absolute Gasteiger partial charge is 1.00 e. The van der Waals surface area contributed by atoms with Gasteiger partial charge in [0, 0.05) is 0 Å². The summed E-state index contributed by atoms with van der Waals surface area (Å²) in [7, 11) is -4.65. The van der Waals surface area contributed by atoms with Crippen LogP contribution in [0.25, 0.3) is 0 Å². The van der Waals surface area contributed by atoms with Gasteiger partial charge < -0.3 is 9.84 Å². The van der Waals surface area contributed by atoms with Crippen molar-refractivity contribution in [2.45, 2.75) is 43.9 Å². The fourth-order valence-corrected chi connectivity index (χ4v) is 3.16. The summed E-state index contributed by atoms with van der Waals surface area (Å²) in [5.41, 5.74) is 1.08.